The summed E-state index contributed by atoms with van der Waals surface area (Å²) in [4.78, 5) is 23.2. The van der Waals surface area contributed by atoms with Gasteiger partial charge in [0.05, 0.1) is 43.1 Å². The third kappa shape index (κ3) is 6.31. The molecule has 10 heteroatoms. The minimum Gasteiger partial charge on any atom is -0.392 e. The van der Waals surface area contributed by atoms with E-state index in [-0.39, 0.29) is 24.6 Å². The van der Waals surface area contributed by atoms with Crippen LogP contribution in [0.2, 0.25) is 0 Å². The summed E-state index contributed by atoms with van der Waals surface area (Å²) >= 11 is 0. The normalized spacial score (nSPS) is 19.0. The largest absolute Gasteiger partial charge is 0.392 e. The van der Waals surface area contributed by atoms with Gasteiger partial charge in [0.1, 0.15) is 0 Å². The highest BCUT2D eigenvalue weighted by atomic mass is 16.3. The van der Waals surface area contributed by atoms with Crippen molar-refractivity contribution in [1.82, 2.24) is 24.6 Å². The molecular weight excluding hydrogens is 468 g/mol. The molecule has 1 amide bonds. The third-order valence-corrected chi connectivity index (χ3v) is 7.18. The van der Waals surface area contributed by atoms with Crippen LogP contribution in [0, 0.1) is 17.2 Å². The van der Waals surface area contributed by atoms with Crippen LogP contribution in [0.1, 0.15) is 44.6 Å². The van der Waals surface area contributed by atoms with Crippen molar-refractivity contribution in [2.75, 3.05) is 30.3 Å². The van der Waals surface area contributed by atoms with E-state index in [0.29, 0.717) is 36.9 Å². The van der Waals surface area contributed by atoms with Gasteiger partial charge in [-0.25, -0.2) is 9.97 Å². The van der Waals surface area contributed by atoms with E-state index >= 15 is 0 Å². The number of nitrogens with one attached hydrogen (secondary N) is 2. The van der Waals surface area contributed by atoms with Crippen molar-refractivity contribution in [2.45, 2.75) is 50.7 Å². The fourth-order valence-corrected chi connectivity index (χ4v) is 5.27. The van der Waals surface area contributed by atoms with E-state index in [9.17, 15) is 15.2 Å². The summed E-state index contributed by atoms with van der Waals surface area (Å²) in [5.41, 5.74) is 3.13. The minimum atomic E-state index is -0.340. The number of amides is 1. The molecule has 2 aliphatic rings. The average Bonchev–Trinajstić information content (AvgIpc) is 3.67. The molecule has 0 spiro atoms. The van der Waals surface area contributed by atoms with Crippen molar-refractivity contribution in [3.05, 3.63) is 48.9 Å². The highest BCUT2D eigenvalue weighted by Gasteiger charge is 2.27. The summed E-state index contributed by atoms with van der Waals surface area (Å²) in [7, 11) is 0. The van der Waals surface area contributed by atoms with Crippen molar-refractivity contribution in [1.29, 1.82) is 5.26 Å². The lowest BCUT2D eigenvalue weighted by molar-refractivity contribution is -0.117. The molecule has 1 unspecified atom stereocenters. The SMILES string of the molecule is N#CCC(C1CCCC1)n1cc(-c2ccnc(Nc3ccc(NC(=O)CN4CC[C@@H](O)C4)cc3)n2)cn1. The standard InChI is InChI=1S/C27H32N8O2/c28-12-9-25(19-3-1-2-4-19)35-16-20(15-30-35)24-10-13-29-27(33-24)32-22-7-5-21(6-8-22)31-26(37)18-34-14-11-23(36)17-34/h5-8,10,13,15-16,19,23,25,36H,1-4,9,11,14,17-18H2,(H,31,37)(H,29,32,33)/t23-,25?/m1/s1. The zero-order valence-electron chi connectivity index (χ0n) is 20.8. The molecule has 0 radical (unpaired) electrons. The first kappa shape index (κ1) is 24.9. The lowest BCUT2D eigenvalue weighted by Gasteiger charge is -2.21. The van der Waals surface area contributed by atoms with Gasteiger partial charge in [0.25, 0.3) is 0 Å². The number of hydrogen-bond acceptors (Lipinski definition) is 8. The number of nitrogens with zero attached hydrogens (tertiary/aromatic N) is 6. The Morgan fingerprint density at radius 3 is 2.68 bits per heavy atom. The first-order chi connectivity index (χ1) is 18.1. The Hall–Kier alpha value is -3.81. The van der Waals surface area contributed by atoms with Gasteiger partial charge in [0.15, 0.2) is 0 Å². The fraction of sp³-hybridized carbons (Fsp3) is 0.444. The summed E-state index contributed by atoms with van der Waals surface area (Å²) in [6, 6.07) is 11.6. The van der Waals surface area contributed by atoms with Crippen LogP contribution >= 0.6 is 0 Å². The summed E-state index contributed by atoms with van der Waals surface area (Å²) in [6.45, 7) is 1.54. The van der Waals surface area contributed by atoms with Gasteiger partial charge in [-0.3, -0.25) is 14.4 Å². The van der Waals surface area contributed by atoms with Crippen LogP contribution in [0.25, 0.3) is 11.3 Å². The second-order valence-corrected chi connectivity index (χ2v) is 9.88. The van der Waals surface area contributed by atoms with Gasteiger partial charge >= 0.3 is 0 Å². The fourth-order valence-electron chi connectivity index (χ4n) is 5.27. The molecule has 5 rings (SSSR count). The number of aromatic nitrogens is 4. The second kappa shape index (κ2) is 11.5. The molecule has 1 saturated carbocycles. The smallest absolute Gasteiger partial charge is 0.238 e. The van der Waals surface area contributed by atoms with Crippen molar-refractivity contribution in [3.63, 3.8) is 0 Å². The Labute approximate surface area is 216 Å². The molecule has 3 heterocycles. The Bertz CT molecular complexity index is 1250. The van der Waals surface area contributed by atoms with Gasteiger partial charge in [0.2, 0.25) is 11.9 Å². The number of aliphatic hydroxyl groups is 1. The molecule has 1 saturated heterocycles. The van der Waals surface area contributed by atoms with Crippen LogP contribution in [0.4, 0.5) is 17.3 Å². The topological polar surface area (TPSA) is 132 Å². The van der Waals surface area contributed by atoms with Gasteiger partial charge < -0.3 is 15.7 Å². The molecule has 3 aromatic rings. The molecule has 1 aromatic carbocycles. The van der Waals surface area contributed by atoms with Crippen molar-refractivity contribution in [3.8, 4) is 17.3 Å². The summed E-state index contributed by atoms with van der Waals surface area (Å²) in [5, 5.41) is 29.6. The van der Waals surface area contributed by atoms with E-state index in [0.717, 1.165) is 36.3 Å². The minimum absolute atomic E-state index is 0.0987. The predicted octanol–water partition coefficient (Wildman–Crippen LogP) is 3.73. The number of carbonyl (C=O) groups excluding carboxylic acids is 1. The maximum Gasteiger partial charge on any atom is 0.238 e. The molecule has 37 heavy (non-hydrogen) atoms. The Kier molecular flexibility index (Phi) is 7.73. The van der Waals surface area contributed by atoms with E-state index in [2.05, 4.69) is 31.8 Å². The molecule has 2 fully saturated rings. The van der Waals surface area contributed by atoms with Crippen LogP contribution in [0.3, 0.4) is 0 Å². The van der Waals surface area contributed by atoms with Crippen molar-refractivity contribution >= 4 is 23.2 Å². The molecular formula is C27H32N8O2. The number of rotatable bonds is 9. The lowest BCUT2D eigenvalue weighted by Crippen LogP contribution is -2.32. The molecule has 1 aliphatic heterocycles. The first-order valence-corrected chi connectivity index (χ1v) is 12.9. The van der Waals surface area contributed by atoms with Gasteiger partial charge in [0, 0.05) is 42.4 Å². The van der Waals surface area contributed by atoms with Crippen LogP contribution < -0.4 is 10.6 Å². The number of hydrogen-bond donors (Lipinski definition) is 3. The molecule has 3 N–H and O–H groups in total. The number of β-amino-alcohol motifs (C(OH)–C–C–N with tert-alkyl or cyclic N) is 1. The van der Waals surface area contributed by atoms with Gasteiger partial charge in [-0.1, -0.05) is 12.8 Å². The lowest BCUT2D eigenvalue weighted by atomic mass is 9.96. The molecule has 1 aliphatic carbocycles. The summed E-state index contributed by atoms with van der Waals surface area (Å²) < 4.78 is 1.93. The first-order valence-electron chi connectivity index (χ1n) is 12.9. The van der Waals surface area contributed by atoms with Crippen molar-refractivity contribution in [2.24, 2.45) is 5.92 Å². The third-order valence-electron chi connectivity index (χ3n) is 7.18. The van der Waals surface area contributed by atoms with E-state index in [4.69, 9.17) is 0 Å². The Morgan fingerprint density at radius 2 is 1.95 bits per heavy atom. The molecule has 0 bridgehead atoms. The summed E-state index contributed by atoms with van der Waals surface area (Å²) in [5.74, 6) is 0.853. The van der Waals surface area contributed by atoms with E-state index < -0.39 is 0 Å². The van der Waals surface area contributed by atoms with Gasteiger partial charge in [-0.05, 0) is 55.5 Å². The molecule has 10 nitrogen and oxygen atoms in total. The molecule has 192 valence electrons. The van der Waals surface area contributed by atoms with Gasteiger partial charge in [-0.15, -0.1) is 0 Å². The van der Waals surface area contributed by atoms with Crippen LogP contribution in [-0.2, 0) is 4.79 Å². The molecule has 2 atom stereocenters. The number of carbonyl (C=O) groups is 1. The highest BCUT2D eigenvalue weighted by molar-refractivity contribution is 5.92. The van der Waals surface area contributed by atoms with E-state index in [1.165, 1.54) is 12.8 Å². The van der Waals surface area contributed by atoms with E-state index in [1.54, 1.807) is 12.4 Å². The van der Waals surface area contributed by atoms with Crippen LogP contribution in [0.15, 0.2) is 48.9 Å². The monoisotopic (exact) mass is 500 g/mol. The van der Waals surface area contributed by atoms with E-state index in [1.807, 2.05) is 46.1 Å². The van der Waals surface area contributed by atoms with Crippen LogP contribution in [0.5, 0.6) is 0 Å². The average molecular weight is 501 g/mol. The quantitative estimate of drug-likeness (QED) is 0.405. The molecule has 2 aromatic heterocycles. The Balaban J connectivity index is 1.20. The highest BCUT2D eigenvalue weighted by Crippen LogP contribution is 2.36. The zero-order chi connectivity index (χ0) is 25.6. The summed E-state index contributed by atoms with van der Waals surface area (Å²) in [6.07, 6.45) is 11.0. The van der Waals surface area contributed by atoms with Crippen LogP contribution in [-0.4, -0.2) is 61.4 Å². The van der Waals surface area contributed by atoms with Gasteiger partial charge in [-0.2, -0.15) is 10.4 Å². The number of nitriles is 1. The maximum absolute atomic E-state index is 12.3. The second-order valence-electron chi connectivity index (χ2n) is 9.88. The zero-order valence-corrected chi connectivity index (χ0v) is 20.8. The Morgan fingerprint density at radius 1 is 1.16 bits per heavy atom. The number of aliphatic hydroxyl groups excluding tert-OH is 1. The number of likely N-dealkylation sites (tertiary alicyclic amines) is 1. The van der Waals surface area contributed by atoms with Crippen molar-refractivity contribution < 1.29 is 9.90 Å². The number of anilines is 3. The predicted molar refractivity (Wildman–Crippen MR) is 140 cm³/mol. The maximum atomic E-state index is 12.3. The number of benzene rings is 1.